The quantitative estimate of drug-likeness (QED) is 0.285. The van der Waals surface area contributed by atoms with E-state index in [0.29, 0.717) is 13.0 Å². The molecule has 2 aromatic rings. The first-order chi connectivity index (χ1) is 18.6. The van der Waals surface area contributed by atoms with Crippen LogP contribution in [0.25, 0.3) is 5.65 Å². The van der Waals surface area contributed by atoms with Gasteiger partial charge in [-0.2, -0.15) is 5.10 Å². The molecular formula is C27H33N5O6S. The normalized spacial score (nSPS) is 28.9. The first-order valence-electron chi connectivity index (χ1n) is 12.9. The molecule has 6 atom stereocenters. The van der Waals surface area contributed by atoms with E-state index in [9.17, 15) is 19.5 Å². The number of esters is 1. The summed E-state index contributed by atoms with van der Waals surface area (Å²) < 4.78 is 14.6. The summed E-state index contributed by atoms with van der Waals surface area (Å²) in [5.41, 5.74) is 0.250. The molecule has 2 saturated heterocycles. The van der Waals surface area contributed by atoms with Gasteiger partial charge in [-0.3, -0.25) is 9.69 Å². The Hall–Kier alpha value is -3.51. The lowest BCUT2D eigenvalue weighted by Gasteiger charge is -2.46. The molecule has 2 fully saturated rings. The van der Waals surface area contributed by atoms with Crippen LogP contribution in [0.3, 0.4) is 0 Å². The molecule has 0 saturated carbocycles. The van der Waals surface area contributed by atoms with Crippen LogP contribution in [0, 0.1) is 11.8 Å². The third-order valence-electron chi connectivity index (χ3n) is 7.83. The summed E-state index contributed by atoms with van der Waals surface area (Å²) in [4.78, 5) is 43.3. The van der Waals surface area contributed by atoms with E-state index in [1.165, 1.54) is 28.8 Å². The summed E-state index contributed by atoms with van der Waals surface area (Å²) in [5.74, 6) is -1.67. The highest BCUT2D eigenvalue weighted by molar-refractivity contribution is 8.03. The number of carbonyl (C=O) groups excluding carboxylic acids is 3. The van der Waals surface area contributed by atoms with Crippen molar-refractivity contribution >= 4 is 35.4 Å². The fourth-order valence-electron chi connectivity index (χ4n) is 6.07. The molecule has 5 heterocycles. The molecule has 0 spiro atoms. The Morgan fingerprint density at radius 3 is 2.69 bits per heavy atom. The average molecular weight is 556 g/mol. The van der Waals surface area contributed by atoms with Crippen LogP contribution in [0.2, 0.25) is 0 Å². The van der Waals surface area contributed by atoms with Gasteiger partial charge in [-0.05, 0) is 13.8 Å². The second-order valence-electron chi connectivity index (χ2n) is 10.3. The Labute approximate surface area is 230 Å². The van der Waals surface area contributed by atoms with Crippen molar-refractivity contribution in [3.05, 3.63) is 60.6 Å². The second-order valence-corrected chi connectivity index (χ2v) is 11.6. The van der Waals surface area contributed by atoms with Crippen LogP contribution in [0.5, 0.6) is 0 Å². The topological polar surface area (TPSA) is 119 Å². The number of fused-ring (bicyclic) bond motifs is 2. The molecule has 0 aromatic carbocycles. The highest BCUT2D eigenvalue weighted by Gasteiger charge is 2.61. The highest BCUT2D eigenvalue weighted by atomic mass is 32.2. The molecule has 3 aliphatic heterocycles. The maximum absolute atomic E-state index is 13.2. The second kappa shape index (κ2) is 10.2. The van der Waals surface area contributed by atoms with E-state index < -0.39 is 29.7 Å². The zero-order valence-electron chi connectivity index (χ0n) is 22.2. The van der Waals surface area contributed by atoms with Gasteiger partial charge in [0.05, 0.1) is 24.3 Å². The molecule has 0 bridgehead atoms. The van der Waals surface area contributed by atoms with Crippen molar-refractivity contribution < 1.29 is 29.0 Å². The van der Waals surface area contributed by atoms with Crippen LogP contribution in [-0.2, 0) is 24.7 Å². The van der Waals surface area contributed by atoms with Crippen molar-refractivity contribution in [2.45, 2.75) is 50.3 Å². The van der Waals surface area contributed by atoms with Gasteiger partial charge in [-0.15, -0.1) is 11.8 Å². The molecule has 11 nitrogen and oxygen atoms in total. The molecule has 5 rings (SSSR count). The van der Waals surface area contributed by atoms with Gasteiger partial charge >= 0.3 is 12.1 Å². The van der Waals surface area contributed by atoms with Gasteiger partial charge in [0.2, 0.25) is 5.91 Å². The summed E-state index contributed by atoms with van der Waals surface area (Å²) in [7, 11) is 0. The van der Waals surface area contributed by atoms with Crippen molar-refractivity contribution in [2.24, 2.45) is 11.8 Å². The number of ether oxygens (including phenoxy) is 2. The number of amides is 2. The zero-order chi connectivity index (χ0) is 28.1. The SMILES string of the molecule is C=CCOC(=O)C1=C(S[C@@H]2CN(C(=O)OCC=C)[C@](C)(n3ccn4nccc34)C2)[C@H](C)[C@@H]2[C@@H]([C@@H](C)O)C(=O)N12. The third-order valence-corrected chi connectivity index (χ3v) is 9.30. The first kappa shape index (κ1) is 27.1. The maximum Gasteiger partial charge on any atom is 0.411 e. The molecule has 39 heavy (non-hydrogen) atoms. The van der Waals surface area contributed by atoms with Crippen molar-refractivity contribution in [1.29, 1.82) is 0 Å². The van der Waals surface area contributed by atoms with Crippen LogP contribution in [0.1, 0.15) is 27.2 Å². The van der Waals surface area contributed by atoms with Crippen molar-refractivity contribution in [3.63, 3.8) is 0 Å². The Balaban J connectivity index is 1.49. The number of thioether (sulfide) groups is 1. The van der Waals surface area contributed by atoms with E-state index in [1.807, 2.05) is 36.9 Å². The molecule has 2 amide bonds. The van der Waals surface area contributed by atoms with Crippen molar-refractivity contribution in [3.8, 4) is 0 Å². The van der Waals surface area contributed by atoms with E-state index in [-0.39, 0.29) is 42.0 Å². The zero-order valence-corrected chi connectivity index (χ0v) is 23.0. The predicted molar refractivity (Wildman–Crippen MR) is 144 cm³/mol. The number of hydrogen-bond acceptors (Lipinski definition) is 8. The van der Waals surface area contributed by atoms with Crippen LogP contribution >= 0.6 is 11.8 Å². The van der Waals surface area contributed by atoms with Crippen molar-refractivity contribution in [2.75, 3.05) is 19.8 Å². The summed E-state index contributed by atoms with van der Waals surface area (Å²) >= 11 is 1.48. The number of carbonyl (C=O) groups is 3. The molecule has 1 N–H and O–H groups in total. The number of likely N-dealkylation sites (tertiary alicyclic amines) is 1. The van der Waals surface area contributed by atoms with E-state index in [0.717, 1.165) is 10.6 Å². The number of aromatic nitrogens is 3. The number of nitrogens with zero attached hydrogens (tertiary/aromatic N) is 5. The minimum Gasteiger partial charge on any atom is -0.457 e. The highest BCUT2D eigenvalue weighted by Crippen LogP contribution is 2.53. The molecule has 0 unspecified atom stereocenters. The first-order valence-corrected chi connectivity index (χ1v) is 13.8. The monoisotopic (exact) mass is 555 g/mol. The van der Waals surface area contributed by atoms with Gasteiger partial charge in [0, 0.05) is 47.5 Å². The summed E-state index contributed by atoms with van der Waals surface area (Å²) in [6.45, 7) is 13.2. The molecule has 0 aliphatic carbocycles. The Bertz CT molecular complexity index is 1360. The van der Waals surface area contributed by atoms with Crippen LogP contribution in [0.15, 0.2) is 60.6 Å². The van der Waals surface area contributed by atoms with E-state index in [4.69, 9.17) is 9.47 Å². The van der Waals surface area contributed by atoms with Crippen molar-refractivity contribution in [1.82, 2.24) is 24.0 Å². The summed E-state index contributed by atoms with van der Waals surface area (Å²) in [6, 6.07) is 1.55. The van der Waals surface area contributed by atoms with E-state index in [2.05, 4.69) is 18.3 Å². The molecule has 0 radical (unpaired) electrons. The number of β-lactam (4-membered cyclic amide) rings is 1. The smallest absolute Gasteiger partial charge is 0.411 e. The maximum atomic E-state index is 13.2. The Kier molecular flexibility index (Phi) is 7.10. The lowest BCUT2D eigenvalue weighted by Crippen LogP contribution is -2.63. The minimum absolute atomic E-state index is 0.0145. The number of rotatable bonds is 9. The fraction of sp³-hybridized carbons (Fsp3) is 0.481. The molecule has 12 heteroatoms. The molecule has 3 aliphatic rings. The van der Waals surface area contributed by atoms with Gasteiger partial charge in [-0.1, -0.05) is 32.2 Å². The lowest BCUT2D eigenvalue weighted by molar-refractivity contribution is -0.164. The third kappa shape index (κ3) is 4.26. The predicted octanol–water partition coefficient (Wildman–Crippen LogP) is 2.74. The average Bonchev–Trinajstić information content (AvgIpc) is 3.64. The van der Waals surface area contributed by atoms with Crippen LogP contribution in [-0.4, -0.2) is 84.2 Å². The van der Waals surface area contributed by atoms with Crippen LogP contribution < -0.4 is 0 Å². The van der Waals surface area contributed by atoms with Gasteiger partial charge in [0.25, 0.3) is 0 Å². The molecule has 208 valence electrons. The summed E-state index contributed by atoms with van der Waals surface area (Å²) in [5, 5.41) is 14.4. The van der Waals surface area contributed by atoms with E-state index >= 15 is 0 Å². The minimum atomic E-state index is -0.840. The largest absolute Gasteiger partial charge is 0.457 e. The Morgan fingerprint density at radius 1 is 1.28 bits per heavy atom. The fourth-order valence-corrected chi connectivity index (χ4v) is 7.70. The number of aliphatic hydroxyl groups excluding tert-OH is 1. The van der Waals surface area contributed by atoms with Gasteiger partial charge < -0.3 is 24.0 Å². The standard InChI is InChI=1S/C27H33N5O6S/c1-6-12-37-25(35)22-23(16(3)21-20(17(4)33)24(34)32(21)22)39-18-14-27(5,30(15-18)26(36)38-13-7-2)29-10-11-31-19(29)8-9-28-31/h6-11,16-18,20-21,33H,1-2,12-15H2,3-5H3/t16-,17-,18+,20-,21-,27+/m1/s1. The van der Waals surface area contributed by atoms with Gasteiger partial charge in [0.1, 0.15) is 30.2 Å². The Morgan fingerprint density at radius 2 is 2.00 bits per heavy atom. The number of aliphatic hydroxyl groups is 1. The number of imidazole rings is 1. The van der Waals surface area contributed by atoms with E-state index in [1.54, 1.807) is 22.5 Å². The summed E-state index contributed by atoms with van der Waals surface area (Å²) in [6.07, 6.45) is 7.64. The van der Waals surface area contributed by atoms with Gasteiger partial charge in [-0.25, -0.2) is 14.1 Å². The molecular weight excluding hydrogens is 522 g/mol. The van der Waals surface area contributed by atoms with Gasteiger partial charge in [0.15, 0.2) is 0 Å². The molecule has 2 aromatic heterocycles. The lowest BCUT2D eigenvalue weighted by atomic mass is 9.79. The number of hydrogen-bond donors (Lipinski definition) is 1. The van der Waals surface area contributed by atoms with Crippen LogP contribution in [0.4, 0.5) is 4.79 Å².